The van der Waals surface area contributed by atoms with Gasteiger partial charge in [0.2, 0.25) is 0 Å². The molecule has 1 aromatic rings. The Bertz CT molecular complexity index is 660. The molecule has 8 heteroatoms. The van der Waals surface area contributed by atoms with E-state index in [1.165, 1.54) is 18.1 Å². The molecule has 0 unspecified atom stereocenters. The average molecular weight is 344 g/mol. The number of alkyl halides is 3. The van der Waals surface area contributed by atoms with E-state index in [1.807, 2.05) is 0 Å². The third kappa shape index (κ3) is 3.63. The SMILES string of the molecule is COC(=O)[C@]1(C)CCN(C(=O)Nc2cc(C(F)(F)F)ccc2C)C1. The molecule has 1 N–H and O–H groups in total. The van der Waals surface area contributed by atoms with Crippen LogP contribution in [-0.2, 0) is 15.7 Å². The van der Waals surface area contributed by atoms with Gasteiger partial charge in [-0.1, -0.05) is 6.07 Å². The van der Waals surface area contributed by atoms with Crippen molar-refractivity contribution in [1.82, 2.24) is 4.90 Å². The van der Waals surface area contributed by atoms with Crippen LogP contribution in [-0.4, -0.2) is 37.1 Å². The lowest BCUT2D eigenvalue weighted by molar-refractivity contribution is -0.150. The van der Waals surface area contributed by atoms with E-state index in [2.05, 4.69) is 5.32 Å². The molecule has 5 nitrogen and oxygen atoms in total. The van der Waals surface area contributed by atoms with Crippen molar-refractivity contribution in [3.8, 4) is 0 Å². The number of anilines is 1. The van der Waals surface area contributed by atoms with E-state index in [0.29, 0.717) is 18.5 Å². The summed E-state index contributed by atoms with van der Waals surface area (Å²) in [6.07, 6.45) is -4.04. The minimum Gasteiger partial charge on any atom is -0.469 e. The Balaban J connectivity index is 2.12. The number of hydrogen-bond acceptors (Lipinski definition) is 3. The minimum absolute atomic E-state index is 0.0986. The van der Waals surface area contributed by atoms with Crippen LogP contribution in [0.3, 0.4) is 0 Å². The molecular formula is C16H19F3N2O3. The summed E-state index contributed by atoms with van der Waals surface area (Å²) in [5.41, 5.74) is -1.01. The third-order valence-electron chi connectivity index (χ3n) is 4.25. The standard InChI is InChI=1S/C16H19F3N2O3/c1-10-4-5-11(16(17,18)19)8-12(10)20-14(23)21-7-6-15(2,9-21)13(22)24-3/h4-5,8H,6-7,9H2,1-3H3,(H,20,23)/t15-/m1/s1. The number of nitrogens with zero attached hydrogens (tertiary/aromatic N) is 1. The van der Waals surface area contributed by atoms with E-state index in [-0.39, 0.29) is 12.2 Å². The number of methoxy groups -OCH3 is 1. The largest absolute Gasteiger partial charge is 0.469 e. The molecule has 0 spiro atoms. The molecule has 1 aliphatic rings. The second kappa shape index (κ2) is 6.33. The lowest BCUT2D eigenvalue weighted by atomic mass is 9.90. The van der Waals surface area contributed by atoms with Crippen molar-refractivity contribution in [2.24, 2.45) is 5.41 Å². The Kier molecular flexibility index (Phi) is 4.77. The highest BCUT2D eigenvalue weighted by molar-refractivity contribution is 5.91. The normalized spacial score (nSPS) is 20.8. The van der Waals surface area contributed by atoms with E-state index in [9.17, 15) is 22.8 Å². The van der Waals surface area contributed by atoms with Gasteiger partial charge >= 0.3 is 18.2 Å². The van der Waals surface area contributed by atoms with Crippen LogP contribution < -0.4 is 5.32 Å². The molecule has 0 aromatic heterocycles. The van der Waals surface area contributed by atoms with Gasteiger partial charge in [-0.2, -0.15) is 13.2 Å². The maximum atomic E-state index is 12.8. The molecule has 24 heavy (non-hydrogen) atoms. The molecule has 0 saturated carbocycles. The van der Waals surface area contributed by atoms with Gasteiger partial charge in [-0.15, -0.1) is 0 Å². The zero-order valence-corrected chi connectivity index (χ0v) is 13.7. The van der Waals surface area contributed by atoms with Crippen molar-refractivity contribution >= 4 is 17.7 Å². The van der Waals surface area contributed by atoms with Gasteiger partial charge in [-0.05, 0) is 38.0 Å². The van der Waals surface area contributed by atoms with E-state index < -0.39 is 29.2 Å². The highest BCUT2D eigenvalue weighted by atomic mass is 19.4. The van der Waals surface area contributed by atoms with Crippen molar-refractivity contribution in [2.75, 3.05) is 25.5 Å². The molecule has 1 aliphatic heterocycles. The molecular weight excluding hydrogens is 325 g/mol. The van der Waals surface area contributed by atoms with Crippen LogP contribution in [0.2, 0.25) is 0 Å². The lowest BCUT2D eigenvalue weighted by Gasteiger charge is -2.22. The first-order valence-electron chi connectivity index (χ1n) is 7.39. The number of rotatable bonds is 2. The number of hydrogen-bond donors (Lipinski definition) is 1. The number of likely N-dealkylation sites (tertiary alicyclic amines) is 1. The highest BCUT2D eigenvalue weighted by Gasteiger charge is 2.43. The number of urea groups is 1. The fraction of sp³-hybridized carbons (Fsp3) is 0.500. The number of aryl methyl sites for hydroxylation is 1. The summed E-state index contributed by atoms with van der Waals surface area (Å²) in [6, 6.07) is 2.64. The van der Waals surface area contributed by atoms with Gasteiger partial charge in [-0.3, -0.25) is 4.79 Å². The van der Waals surface area contributed by atoms with Gasteiger partial charge in [0.25, 0.3) is 0 Å². The van der Waals surface area contributed by atoms with Gasteiger partial charge in [0.15, 0.2) is 0 Å². The van der Waals surface area contributed by atoms with Crippen LogP contribution in [0.5, 0.6) is 0 Å². The molecule has 2 rings (SSSR count). The number of ether oxygens (including phenoxy) is 1. The maximum Gasteiger partial charge on any atom is 0.416 e. The van der Waals surface area contributed by atoms with Crippen LogP contribution in [0.4, 0.5) is 23.7 Å². The molecule has 2 amide bonds. The predicted octanol–water partition coefficient (Wildman–Crippen LogP) is 3.43. The zero-order valence-electron chi connectivity index (χ0n) is 13.7. The number of nitrogens with one attached hydrogen (secondary N) is 1. The molecule has 1 fully saturated rings. The Labute approximate surface area is 137 Å². The monoisotopic (exact) mass is 344 g/mol. The molecule has 132 valence electrons. The van der Waals surface area contributed by atoms with Crippen LogP contribution >= 0.6 is 0 Å². The first-order chi connectivity index (χ1) is 11.1. The predicted molar refractivity (Wildman–Crippen MR) is 81.5 cm³/mol. The van der Waals surface area contributed by atoms with Gasteiger partial charge in [0.05, 0.1) is 18.1 Å². The summed E-state index contributed by atoms with van der Waals surface area (Å²) in [5, 5.41) is 2.49. The van der Waals surface area contributed by atoms with Crippen LogP contribution in [0.1, 0.15) is 24.5 Å². The summed E-state index contributed by atoms with van der Waals surface area (Å²) in [6.45, 7) is 3.79. The summed E-state index contributed by atoms with van der Waals surface area (Å²) >= 11 is 0. The van der Waals surface area contributed by atoms with Crippen LogP contribution in [0, 0.1) is 12.3 Å². The van der Waals surface area contributed by atoms with Crippen molar-refractivity contribution in [1.29, 1.82) is 0 Å². The quantitative estimate of drug-likeness (QED) is 0.836. The smallest absolute Gasteiger partial charge is 0.416 e. The fourth-order valence-electron chi connectivity index (χ4n) is 2.67. The minimum atomic E-state index is -4.48. The average Bonchev–Trinajstić information content (AvgIpc) is 2.91. The summed E-state index contributed by atoms with van der Waals surface area (Å²) in [5.74, 6) is -0.409. The Morgan fingerprint density at radius 2 is 2.00 bits per heavy atom. The van der Waals surface area contributed by atoms with Crippen molar-refractivity contribution in [3.63, 3.8) is 0 Å². The topological polar surface area (TPSA) is 58.6 Å². The van der Waals surface area contributed by atoms with Crippen LogP contribution in [0.25, 0.3) is 0 Å². The highest BCUT2D eigenvalue weighted by Crippen LogP contribution is 2.34. The molecule has 0 bridgehead atoms. The first-order valence-corrected chi connectivity index (χ1v) is 7.39. The number of esters is 1. The van der Waals surface area contributed by atoms with E-state index in [4.69, 9.17) is 4.74 Å². The lowest BCUT2D eigenvalue weighted by Crippen LogP contribution is -2.37. The summed E-state index contributed by atoms with van der Waals surface area (Å²) in [4.78, 5) is 25.5. The molecule has 0 aliphatic carbocycles. The zero-order chi connectivity index (χ0) is 18.1. The van der Waals surface area contributed by atoms with E-state index in [0.717, 1.165) is 12.1 Å². The second-order valence-electron chi connectivity index (χ2n) is 6.18. The number of carbonyl (C=O) groups excluding carboxylic acids is 2. The van der Waals surface area contributed by atoms with Crippen molar-refractivity contribution < 1.29 is 27.5 Å². The van der Waals surface area contributed by atoms with E-state index in [1.54, 1.807) is 13.8 Å². The summed E-state index contributed by atoms with van der Waals surface area (Å²) in [7, 11) is 1.28. The van der Waals surface area contributed by atoms with Crippen molar-refractivity contribution in [2.45, 2.75) is 26.4 Å². The fourth-order valence-corrected chi connectivity index (χ4v) is 2.67. The molecule has 1 saturated heterocycles. The number of carbonyl (C=O) groups is 2. The number of halogens is 3. The summed E-state index contributed by atoms with van der Waals surface area (Å²) < 4.78 is 43.1. The molecule has 1 aromatic carbocycles. The van der Waals surface area contributed by atoms with Gasteiger partial charge in [0.1, 0.15) is 0 Å². The number of benzene rings is 1. The molecule has 1 heterocycles. The maximum absolute atomic E-state index is 12.8. The Hall–Kier alpha value is -2.25. The Morgan fingerprint density at radius 3 is 2.58 bits per heavy atom. The van der Waals surface area contributed by atoms with Gasteiger partial charge < -0.3 is 15.0 Å². The Morgan fingerprint density at radius 1 is 1.33 bits per heavy atom. The van der Waals surface area contributed by atoms with Gasteiger partial charge in [-0.25, -0.2) is 4.79 Å². The van der Waals surface area contributed by atoms with Crippen LogP contribution in [0.15, 0.2) is 18.2 Å². The molecule has 1 atom stereocenters. The first kappa shape index (κ1) is 18.1. The van der Waals surface area contributed by atoms with Crippen molar-refractivity contribution in [3.05, 3.63) is 29.3 Å². The van der Waals surface area contributed by atoms with E-state index >= 15 is 0 Å². The number of amides is 2. The van der Waals surface area contributed by atoms with Gasteiger partial charge in [0, 0.05) is 18.8 Å². The molecule has 0 radical (unpaired) electrons. The second-order valence-corrected chi connectivity index (χ2v) is 6.18. The third-order valence-corrected chi connectivity index (χ3v) is 4.25.